The van der Waals surface area contributed by atoms with Crippen molar-refractivity contribution >= 4 is 15.8 Å². The van der Waals surface area contributed by atoms with Gasteiger partial charge in [-0.15, -0.1) is 0 Å². The number of rotatable bonds is 4. The SMILES string of the molecule is CS(=O)(=O)C1(c2ccc(C3CC(C(=O)O)CN3)cc2)CC1. The third kappa shape index (κ3) is 2.46. The van der Waals surface area contributed by atoms with Gasteiger partial charge in [0.1, 0.15) is 0 Å². The molecule has 0 bridgehead atoms. The maximum absolute atomic E-state index is 11.9. The molecule has 1 aliphatic carbocycles. The number of benzene rings is 1. The molecule has 2 atom stereocenters. The molecule has 2 unspecified atom stereocenters. The molecule has 1 aromatic carbocycles. The molecule has 1 heterocycles. The number of carbonyl (C=O) groups is 1. The molecule has 2 fully saturated rings. The van der Waals surface area contributed by atoms with Crippen LogP contribution >= 0.6 is 0 Å². The maximum Gasteiger partial charge on any atom is 0.307 e. The second kappa shape index (κ2) is 4.81. The molecule has 114 valence electrons. The predicted octanol–water partition coefficient (Wildman–Crippen LogP) is 1.46. The molecule has 1 aromatic rings. The van der Waals surface area contributed by atoms with Gasteiger partial charge in [0.25, 0.3) is 0 Å². The van der Waals surface area contributed by atoms with Gasteiger partial charge in [-0.3, -0.25) is 4.79 Å². The minimum atomic E-state index is -3.09. The Balaban J connectivity index is 1.79. The second-order valence-corrected chi connectivity index (χ2v) is 8.45. The summed E-state index contributed by atoms with van der Waals surface area (Å²) in [4.78, 5) is 11.0. The van der Waals surface area contributed by atoms with Crippen LogP contribution in [0.5, 0.6) is 0 Å². The van der Waals surface area contributed by atoms with E-state index in [4.69, 9.17) is 5.11 Å². The molecular weight excluding hydrogens is 290 g/mol. The van der Waals surface area contributed by atoms with E-state index in [2.05, 4.69) is 5.32 Å². The third-order valence-corrected chi connectivity index (χ3v) is 6.80. The van der Waals surface area contributed by atoms with Gasteiger partial charge >= 0.3 is 5.97 Å². The molecule has 2 aliphatic rings. The van der Waals surface area contributed by atoms with Crippen molar-refractivity contribution < 1.29 is 18.3 Å². The summed E-state index contributed by atoms with van der Waals surface area (Å²) in [6.07, 6.45) is 3.25. The first-order valence-electron chi connectivity index (χ1n) is 7.10. The van der Waals surface area contributed by atoms with E-state index >= 15 is 0 Å². The Hall–Kier alpha value is -1.40. The number of carboxylic acid groups (broad SMARTS) is 1. The van der Waals surface area contributed by atoms with Crippen molar-refractivity contribution in [2.75, 3.05) is 12.8 Å². The Labute approximate surface area is 124 Å². The second-order valence-electron chi connectivity index (χ2n) is 6.12. The number of hydrogen-bond donors (Lipinski definition) is 2. The van der Waals surface area contributed by atoms with Gasteiger partial charge in [0.2, 0.25) is 0 Å². The molecule has 0 radical (unpaired) electrons. The van der Waals surface area contributed by atoms with Gasteiger partial charge in [-0.25, -0.2) is 8.42 Å². The van der Waals surface area contributed by atoms with E-state index in [1.165, 1.54) is 6.26 Å². The molecule has 21 heavy (non-hydrogen) atoms. The minimum absolute atomic E-state index is 0.0357. The molecule has 3 rings (SSSR count). The van der Waals surface area contributed by atoms with Gasteiger partial charge in [-0.2, -0.15) is 0 Å². The molecule has 0 amide bonds. The fourth-order valence-electron chi connectivity index (χ4n) is 3.18. The zero-order valence-corrected chi connectivity index (χ0v) is 12.7. The number of hydrogen-bond acceptors (Lipinski definition) is 4. The Morgan fingerprint density at radius 3 is 2.33 bits per heavy atom. The third-order valence-electron chi connectivity index (χ3n) is 4.73. The van der Waals surface area contributed by atoms with Crippen molar-refractivity contribution in [3.8, 4) is 0 Å². The predicted molar refractivity (Wildman–Crippen MR) is 78.7 cm³/mol. The van der Waals surface area contributed by atoms with Crippen LogP contribution in [0.2, 0.25) is 0 Å². The van der Waals surface area contributed by atoms with E-state index in [-0.39, 0.29) is 12.0 Å². The summed E-state index contributed by atoms with van der Waals surface area (Å²) in [5.74, 6) is -1.11. The van der Waals surface area contributed by atoms with E-state index < -0.39 is 20.6 Å². The molecule has 6 heteroatoms. The van der Waals surface area contributed by atoms with Crippen LogP contribution in [-0.2, 0) is 19.4 Å². The zero-order valence-electron chi connectivity index (χ0n) is 11.9. The largest absolute Gasteiger partial charge is 0.481 e. The Morgan fingerprint density at radius 2 is 1.90 bits per heavy atom. The summed E-state index contributed by atoms with van der Waals surface area (Å²) >= 11 is 0. The van der Waals surface area contributed by atoms with Crippen LogP contribution in [0.15, 0.2) is 24.3 Å². The van der Waals surface area contributed by atoms with E-state index in [9.17, 15) is 13.2 Å². The van der Waals surface area contributed by atoms with Crippen molar-refractivity contribution in [2.24, 2.45) is 5.92 Å². The average Bonchev–Trinajstić information content (AvgIpc) is 3.10. The number of carboxylic acids is 1. The van der Waals surface area contributed by atoms with Crippen molar-refractivity contribution in [2.45, 2.75) is 30.1 Å². The maximum atomic E-state index is 11.9. The van der Waals surface area contributed by atoms with Gasteiger partial charge in [-0.1, -0.05) is 24.3 Å². The highest BCUT2D eigenvalue weighted by molar-refractivity contribution is 7.92. The standard InChI is InChI=1S/C15H19NO4S/c1-21(19,20)15(6-7-15)12-4-2-10(3-5-12)13-8-11(9-16-13)14(17)18/h2-5,11,13,16H,6-9H2,1H3,(H,17,18). The number of aliphatic carboxylic acids is 1. The summed E-state index contributed by atoms with van der Waals surface area (Å²) in [7, 11) is -3.09. The van der Waals surface area contributed by atoms with E-state index in [0.717, 1.165) is 11.1 Å². The first-order valence-corrected chi connectivity index (χ1v) is 8.99. The molecule has 0 aromatic heterocycles. The highest BCUT2D eigenvalue weighted by Crippen LogP contribution is 2.52. The van der Waals surface area contributed by atoms with Crippen molar-refractivity contribution in [1.29, 1.82) is 0 Å². The molecule has 5 nitrogen and oxygen atoms in total. The zero-order chi connectivity index (χ0) is 15.3. The van der Waals surface area contributed by atoms with E-state index in [1.54, 1.807) is 0 Å². The minimum Gasteiger partial charge on any atom is -0.481 e. The van der Waals surface area contributed by atoms with Crippen LogP contribution in [0.4, 0.5) is 0 Å². The lowest BCUT2D eigenvalue weighted by atomic mass is 9.98. The smallest absolute Gasteiger partial charge is 0.307 e. The average molecular weight is 309 g/mol. The van der Waals surface area contributed by atoms with E-state index in [0.29, 0.717) is 25.8 Å². The van der Waals surface area contributed by atoms with Crippen molar-refractivity contribution in [3.05, 3.63) is 35.4 Å². The summed E-state index contributed by atoms with van der Waals surface area (Å²) < 4.78 is 23.1. The van der Waals surface area contributed by atoms with Crippen molar-refractivity contribution in [3.63, 3.8) is 0 Å². The highest BCUT2D eigenvalue weighted by atomic mass is 32.2. The molecular formula is C15H19NO4S. The van der Waals surface area contributed by atoms with E-state index in [1.807, 2.05) is 24.3 Å². The van der Waals surface area contributed by atoms with Gasteiger partial charge in [0.15, 0.2) is 9.84 Å². The van der Waals surface area contributed by atoms with Crippen LogP contribution in [-0.4, -0.2) is 32.3 Å². The molecule has 1 saturated carbocycles. The molecule has 2 N–H and O–H groups in total. The fraction of sp³-hybridized carbons (Fsp3) is 0.533. The summed E-state index contributed by atoms with van der Waals surface area (Å²) in [6.45, 7) is 0.481. The van der Waals surface area contributed by atoms with Crippen LogP contribution < -0.4 is 5.32 Å². The Bertz CT molecular complexity index is 661. The number of nitrogens with one attached hydrogen (secondary N) is 1. The van der Waals surface area contributed by atoms with Gasteiger partial charge in [-0.05, 0) is 30.4 Å². The van der Waals surface area contributed by atoms with Crippen molar-refractivity contribution in [1.82, 2.24) is 5.32 Å². The normalized spacial score (nSPS) is 27.5. The lowest BCUT2D eigenvalue weighted by Crippen LogP contribution is -2.19. The van der Waals surface area contributed by atoms with Crippen LogP contribution in [0, 0.1) is 5.92 Å². The first kappa shape index (κ1) is 14.5. The van der Waals surface area contributed by atoms with Crippen LogP contribution in [0.1, 0.15) is 36.4 Å². The van der Waals surface area contributed by atoms with Gasteiger partial charge in [0.05, 0.1) is 10.7 Å². The molecule has 1 aliphatic heterocycles. The molecule has 1 saturated heterocycles. The molecule has 0 spiro atoms. The lowest BCUT2D eigenvalue weighted by Gasteiger charge is -2.16. The Morgan fingerprint density at radius 1 is 1.29 bits per heavy atom. The summed E-state index contributed by atoms with van der Waals surface area (Å²) in [5.41, 5.74) is 1.87. The fourth-order valence-corrected chi connectivity index (χ4v) is 4.59. The topological polar surface area (TPSA) is 83.5 Å². The highest BCUT2D eigenvalue weighted by Gasteiger charge is 2.53. The Kier molecular flexibility index (Phi) is 3.33. The quantitative estimate of drug-likeness (QED) is 0.879. The van der Waals surface area contributed by atoms with Gasteiger partial charge < -0.3 is 10.4 Å². The van der Waals surface area contributed by atoms with Crippen LogP contribution in [0.25, 0.3) is 0 Å². The summed E-state index contributed by atoms with van der Waals surface area (Å²) in [6, 6.07) is 7.62. The first-order chi connectivity index (χ1) is 9.83. The number of sulfone groups is 1. The van der Waals surface area contributed by atoms with Gasteiger partial charge in [0, 0.05) is 18.8 Å². The lowest BCUT2D eigenvalue weighted by molar-refractivity contribution is -0.141. The van der Waals surface area contributed by atoms with Crippen LogP contribution in [0.3, 0.4) is 0 Å². The summed E-state index contributed by atoms with van der Waals surface area (Å²) in [5, 5.41) is 12.2. The monoisotopic (exact) mass is 309 g/mol.